The van der Waals surface area contributed by atoms with Gasteiger partial charge in [-0.15, -0.1) is 0 Å². The molecule has 0 aromatic heterocycles. The molecule has 2 aromatic rings. The Kier molecular flexibility index (Phi) is 6.06. The molecule has 0 unspecified atom stereocenters. The summed E-state index contributed by atoms with van der Waals surface area (Å²) in [6.45, 7) is 5.79. The lowest BCUT2D eigenvalue weighted by Gasteiger charge is -2.34. The van der Waals surface area contributed by atoms with Crippen molar-refractivity contribution in [3.05, 3.63) is 47.5 Å². The Morgan fingerprint density at radius 2 is 1.44 bits per heavy atom. The molecule has 3 rings (SSSR count). The number of aryl methyl sites for hydroxylation is 1. The van der Waals surface area contributed by atoms with Gasteiger partial charge in [-0.1, -0.05) is 17.7 Å². The van der Waals surface area contributed by atoms with Crippen LogP contribution >= 0.6 is 0 Å². The van der Waals surface area contributed by atoms with Gasteiger partial charge in [-0.3, -0.25) is 5.01 Å². The summed E-state index contributed by atoms with van der Waals surface area (Å²) >= 11 is 0. The molecule has 6 nitrogen and oxygen atoms in total. The van der Waals surface area contributed by atoms with Crippen molar-refractivity contribution >= 4 is 11.9 Å². The number of methoxy groups -OCH3 is 3. The fraction of sp³-hybridized carbons (Fsp3) is 0.381. The first-order chi connectivity index (χ1) is 13.1. The van der Waals surface area contributed by atoms with Crippen LogP contribution in [0.15, 0.2) is 41.5 Å². The van der Waals surface area contributed by atoms with Crippen LogP contribution in [0.25, 0.3) is 0 Å². The third kappa shape index (κ3) is 4.45. The van der Waals surface area contributed by atoms with Crippen LogP contribution in [0.2, 0.25) is 0 Å². The van der Waals surface area contributed by atoms with E-state index in [1.54, 1.807) is 21.3 Å². The summed E-state index contributed by atoms with van der Waals surface area (Å²) in [6.07, 6.45) is 1.84. The lowest BCUT2D eigenvalue weighted by molar-refractivity contribution is 0.272. The number of nitrogens with zero attached hydrogens (tertiary/aromatic N) is 3. The summed E-state index contributed by atoms with van der Waals surface area (Å²) < 4.78 is 16.1. The van der Waals surface area contributed by atoms with Crippen LogP contribution in [0.4, 0.5) is 5.69 Å². The summed E-state index contributed by atoms with van der Waals surface area (Å²) in [6, 6.07) is 12.5. The Balaban J connectivity index is 1.65. The molecule has 1 heterocycles. The first-order valence-electron chi connectivity index (χ1n) is 9.05. The highest BCUT2D eigenvalue weighted by Gasteiger charge is 2.16. The second kappa shape index (κ2) is 8.66. The molecule has 0 aliphatic carbocycles. The van der Waals surface area contributed by atoms with E-state index < -0.39 is 0 Å². The van der Waals surface area contributed by atoms with Gasteiger partial charge in [-0.2, -0.15) is 5.10 Å². The monoisotopic (exact) mass is 369 g/mol. The largest absolute Gasteiger partial charge is 0.493 e. The number of hydrogen-bond donors (Lipinski definition) is 0. The van der Waals surface area contributed by atoms with Crippen LogP contribution in [-0.2, 0) is 0 Å². The van der Waals surface area contributed by atoms with E-state index in [0.717, 1.165) is 31.7 Å². The molecule has 6 heteroatoms. The van der Waals surface area contributed by atoms with Gasteiger partial charge in [0.2, 0.25) is 5.75 Å². The van der Waals surface area contributed by atoms with Gasteiger partial charge < -0.3 is 19.1 Å². The molecule has 0 saturated carbocycles. The van der Waals surface area contributed by atoms with Gasteiger partial charge >= 0.3 is 0 Å². The number of hydrogen-bond acceptors (Lipinski definition) is 6. The van der Waals surface area contributed by atoms with E-state index in [9.17, 15) is 0 Å². The van der Waals surface area contributed by atoms with Crippen molar-refractivity contribution in [1.82, 2.24) is 5.01 Å². The Morgan fingerprint density at radius 1 is 0.852 bits per heavy atom. The molecule has 0 radical (unpaired) electrons. The van der Waals surface area contributed by atoms with Gasteiger partial charge in [0.1, 0.15) is 0 Å². The average molecular weight is 369 g/mol. The summed E-state index contributed by atoms with van der Waals surface area (Å²) in [4.78, 5) is 2.39. The van der Waals surface area contributed by atoms with Gasteiger partial charge in [-0.25, -0.2) is 0 Å². The predicted octanol–water partition coefficient (Wildman–Crippen LogP) is 3.18. The quantitative estimate of drug-likeness (QED) is 0.732. The van der Waals surface area contributed by atoms with Crippen LogP contribution in [0.3, 0.4) is 0 Å². The zero-order chi connectivity index (χ0) is 19.2. The summed E-state index contributed by atoms with van der Waals surface area (Å²) in [5, 5.41) is 6.72. The van der Waals surface area contributed by atoms with Crippen LogP contribution in [0, 0.1) is 6.92 Å². The molecular formula is C21H27N3O3. The van der Waals surface area contributed by atoms with Gasteiger partial charge in [0.25, 0.3) is 0 Å². The topological polar surface area (TPSA) is 46.5 Å². The molecule has 0 bridgehead atoms. The van der Waals surface area contributed by atoms with Crippen molar-refractivity contribution in [3.63, 3.8) is 0 Å². The minimum Gasteiger partial charge on any atom is -0.493 e. The fourth-order valence-electron chi connectivity index (χ4n) is 3.15. The number of benzene rings is 2. The van der Waals surface area contributed by atoms with E-state index >= 15 is 0 Å². The van der Waals surface area contributed by atoms with Crippen molar-refractivity contribution in [2.75, 3.05) is 52.4 Å². The van der Waals surface area contributed by atoms with Crippen molar-refractivity contribution in [1.29, 1.82) is 0 Å². The lowest BCUT2D eigenvalue weighted by atomic mass is 10.2. The summed E-state index contributed by atoms with van der Waals surface area (Å²) in [7, 11) is 4.83. The van der Waals surface area contributed by atoms with Crippen molar-refractivity contribution in [3.8, 4) is 17.2 Å². The molecule has 2 aromatic carbocycles. The Bertz CT molecular complexity index is 757. The first kappa shape index (κ1) is 18.9. The normalized spacial score (nSPS) is 14.5. The van der Waals surface area contributed by atoms with Crippen molar-refractivity contribution in [2.45, 2.75) is 6.92 Å². The Morgan fingerprint density at radius 3 is 1.96 bits per heavy atom. The maximum Gasteiger partial charge on any atom is 0.203 e. The van der Waals surface area contributed by atoms with Crippen molar-refractivity contribution in [2.24, 2.45) is 5.10 Å². The highest BCUT2D eigenvalue weighted by atomic mass is 16.5. The molecule has 1 saturated heterocycles. The molecule has 0 spiro atoms. The molecule has 27 heavy (non-hydrogen) atoms. The highest BCUT2D eigenvalue weighted by molar-refractivity contribution is 5.82. The smallest absolute Gasteiger partial charge is 0.203 e. The average Bonchev–Trinajstić information content (AvgIpc) is 2.72. The van der Waals surface area contributed by atoms with Crippen molar-refractivity contribution < 1.29 is 14.2 Å². The van der Waals surface area contributed by atoms with Crippen LogP contribution < -0.4 is 19.1 Å². The Labute approximate surface area is 160 Å². The number of hydrazone groups is 1. The highest BCUT2D eigenvalue weighted by Crippen LogP contribution is 2.37. The third-order valence-corrected chi connectivity index (χ3v) is 4.71. The number of piperazine rings is 1. The third-order valence-electron chi connectivity index (χ3n) is 4.71. The van der Waals surface area contributed by atoms with Crippen LogP contribution in [0.5, 0.6) is 17.2 Å². The standard InChI is InChI=1S/C21H27N3O3/c1-16-5-7-18(8-6-16)23-9-11-24(12-10-23)22-15-17-13-19(25-2)21(27-4)20(14-17)26-3/h5-8,13-15H,9-12H2,1-4H3. The van der Waals surface area contributed by atoms with Gasteiger partial charge in [0, 0.05) is 24.3 Å². The molecule has 0 N–H and O–H groups in total. The molecule has 0 atom stereocenters. The summed E-state index contributed by atoms with van der Waals surface area (Å²) in [5.41, 5.74) is 3.46. The zero-order valence-electron chi connectivity index (χ0n) is 16.4. The molecule has 1 fully saturated rings. The minimum absolute atomic E-state index is 0.587. The van der Waals surface area contributed by atoms with E-state index in [-0.39, 0.29) is 0 Å². The number of anilines is 1. The van der Waals surface area contributed by atoms with Gasteiger partial charge in [0.05, 0.1) is 40.6 Å². The summed E-state index contributed by atoms with van der Waals surface area (Å²) in [5.74, 6) is 1.84. The molecule has 0 amide bonds. The van der Waals surface area contributed by atoms with Gasteiger partial charge in [-0.05, 0) is 31.2 Å². The molecule has 1 aliphatic rings. The molecule has 1 aliphatic heterocycles. The molecular weight excluding hydrogens is 342 g/mol. The maximum atomic E-state index is 5.40. The maximum absolute atomic E-state index is 5.40. The zero-order valence-corrected chi connectivity index (χ0v) is 16.4. The van der Waals surface area contributed by atoms with E-state index in [1.165, 1.54) is 11.3 Å². The Hall–Kier alpha value is -2.89. The van der Waals surface area contributed by atoms with E-state index in [0.29, 0.717) is 17.2 Å². The predicted molar refractivity (Wildman–Crippen MR) is 109 cm³/mol. The van der Waals surface area contributed by atoms with Crippen LogP contribution in [-0.4, -0.2) is 58.7 Å². The second-order valence-corrected chi connectivity index (χ2v) is 6.48. The lowest BCUT2D eigenvalue weighted by Crippen LogP contribution is -2.44. The fourth-order valence-corrected chi connectivity index (χ4v) is 3.15. The van der Waals surface area contributed by atoms with E-state index in [2.05, 4.69) is 46.2 Å². The second-order valence-electron chi connectivity index (χ2n) is 6.48. The number of rotatable bonds is 6. The number of ether oxygens (including phenoxy) is 3. The van der Waals surface area contributed by atoms with E-state index in [4.69, 9.17) is 14.2 Å². The minimum atomic E-state index is 0.587. The van der Waals surface area contributed by atoms with E-state index in [1.807, 2.05) is 18.3 Å². The van der Waals surface area contributed by atoms with Gasteiger partial charge in [0.15, 0.2) is 11.5 Å². The first-order valence-corrected chi connectivity index (χ1v) is 9.05. The van der Waals surface area contributed by atoms with Crippen LogP contribution in [0.1, 0.15) is 11.1 Å². The SMILES string of the molecule is COc1cc(C=NN2CCN(c3ccc(C)cc3)CC2)cc(OC)c1OC. The molecule has 144 valence electrons.